The summed E-state index contributed by atoms with van der Waals surface area (Å²) in [6.45, 7) is 8.96. The Kier molecular flexibility index (Phi) is 4.45. The Morgan fingerprint density at radius 1 is 1.29 bits per heavy atom. The van der Waals surface area contributed by atoms with Crippen molar-refractivity contribution < 1.29 is 4.74 Å². The molecule has 0 aromatic rings. The highest BCUT2D eigenvalue weighted by Gasteiger charge is 2.32. The van der Waals surface area contributed by atoms with Crippen molar-refractivity contribution in [2.45, 2.75) is 51.7 Å². The first-order valence-electron chi connectivity index (χ1n) is 7.11. The number of hydrogen-bond donors (Lipinski definition) is 1. The predicted molar refractivity (Wildman–Crippen MR) is 71.3 cm³/mol. The maximum absolute atomic E-state index is 5.78. The maximum atomic E-state index is 5.78. The van der Waals surface area contributed by atoms with Gasteiger partial charge in [0, 0.05) is 25.7 Å². The van der Waals surface area contributed by atoms with Crippen molar-refractivity contribution in [3.8, 4) is 0 Å². The molecular formula is C14H28N2O. The summed E-state index contributed by atoms with van der Waals surface area (Å²) in [5.41, 5.74) is 0.577. The van der Waals surface area contributed by atoms with Crippen LogP contribution in [0.15, 0.2) is 0 Å². The van der Waals surface area contributed by atoms with E-state index in [0.717, 1.165) is 32.3 Å². The molecule has 0 amide bonds. The number of nitrogens with one attached hydrogen (secondary N) is 1. The van der Waals surface area contributed by atoms with Crippen molar-refractivity contribution in [3.05, 3.63) is 0 Å². The molecule has 17 heavy (non-hydrogen) atoms. The lowest BCUT2D eigenvalue weighted by Gasteiger charge is -2.43. The van der Waals surface area contributed by atoms with Crippen molar-refractivity contribution in [1.82, 2.24) is 10.2 Å². The molecule has 3 heteroatoms. The van der Waals surface area contributed by atoms with E-state index >= 15 is 0 Å². The van der Waals surface area contributed by atoms with Gasteiger partial charge in [-0.2, -0.15) is 0 Å². The van der Waals surface area contributed by atoms with Crippen LogP contribution in [0.4, 0.5) is 0 Å². The van der Waals surface area contributed by atoms with Crippen molar-refractivity contribution in [3.63, 3.8) is 0 Å². The van der Waals surface area contributed by atoms with Gasteiger partial charge in [0.15, 0.2) is 0 Å². The monoisotopic (exact) mass is 240 g/mol. The number of rotatable bonds is 3. The molecule has 0 bridgehead atoms. The number of morpholine rings is 1. The van der Waals surface area contributed by atoms with E-state index < -0.39 is 0 Å². The Hall–Kier alpha value is -0.120. The van der Waals surface area contributed by atoms with Gasteiger partial charge in [-0.3, -0.25) is 4.90 Å². The lowest BCUT2D eigenvalue weighted by Crippen LogP contribution is -2.51. The third-order valence-electron chi connectivity index (χ3n) is 4.43. The van der Waals surface area contributed by atoms with Crippen molar-refractivity contribution in [2.75, 3.05) is 33.3 Å². The van der Waals surface area contributed by atoms with Crippen LogP contribution < -0.4 is 5.32 Å². The summed E-state index contributed by atoms with van der Waals surface area (Å²) < 4.78 is 5.78. The highest BCUT2D eigenvalue weighted by molar-refractivity contribution is 4.86. The molecule has 0 aromatic heterocycles. The molecule has 2 aliphatic rings. The second-order valence-electron chi connectivity index (χ2n) is 6.44. The summed E-state index contributed by atoms with van der Waals surface area (Å²) in [7, 11) is 2.01. The third-order valence-corrected chi connectivity index (χ3v) is 4.43. The minimum absolute atomic E-state index is 0.392. The van der Waals surface area contributed by atoms with Crippen molar-refractivity contribution in [1.29, 1.82) is 0 Å². The standard InChI is InChI=1S/C14H28N2O/c1-14(2)6-4-12(5-7-14)16-8-9-17-13(11-16)10-15-3/h12-13,15H,4-11H2,1-3H3. The van der Waals surface area contributed by atoms with Crippen LogP contribution >= 0.6 is 0 Å². The van der Waals surface area contributed by atoms with Crippen LogP contribution in [0.5, 0.6) is 0 Å². The predicted octanol–water partition coefficient (Wildman–Crippen LogP) is 1.88. The Morgan fingerprint density at radius 3 is 2.65 bits per heavy atom. The highest BCUT2D eigenvalue weighted by atomic mass is 16.5. The molecular weight excluding hydrogens is 212 g/mol. The molecule has 0 radical (unpaired) electrons. The second-order valence-corrected chi connectivity index (χ2v) is 6.44. The zero-order valence-electron chi connectivity index (χ0n) is 11.7. The molecule has 2 rings (SSSR count). The zero-order valence-corrected chi connectivity index (χ0v) is 11.7. The molecule has 3 nitrogen and oxygen atoms in total. The minimum atomic E-state index is 0.392. The molecule has 1 saturated carbocycles. The van der Waals surface area contributed by atoms with Gasteiger partial charge >= 0.3 is 0 Å². The van der Waals surface area contributed by atoms with Crippen LogP contribution in [0.2, 0.25) is 0 Å². The molecule has 0 spiro atoms. The lowest BCUT2D eigenvalue weighted by atomic mass is 9.75. The van der Waals surface area contributed by atoms with Crippen molar-refractivity contribution in [2.24, 2.45) is 5.41 Å². The molecule has 0 aromatic carbocycles. The fraction of sp³-hybridized carbons (Fsp3) is 1.00. The number of hydrogen-bond acceptors (Lipinski definition) is 3. The van der Waals surface area contributed by atoms with Crippen molar-refractivity contribution >= 4 is 0 Å². The summed E-state index contributed by atoms with van der Waals surface area (Å²) >= 11 is 0. The Balaban J connectivity index is 1.82. The van der Waals surface area contributed by atoms with E-state index in [9.17, 15) is 0 Å². The first-order chi connectivity index (χ1) is 8.11. The summed E-state index contributed by atoms with van der Waals surface area (Å²) in [6.07, 6.45) is 5.90. The van der Waals surface area contributed by atoms with Crippen LogP contribution in [0, 0.1) is 5.41 Å². The van der Waals surface area contributed by atoms with E-state index in [-0.39, 0.29) is 0 Å². The van der Waals surface area contributed by atoms with Gasteiger partial charge in [-0.1, -0.05) is 13.8 Å². The zero-order chi connectivity index (χ0) is 12.3. The fourth-order valence-corrected chi connectivity index (χ4v) is 3.17. The van der Waals surface area contributed by atoms with Crippen LogP contribution in [0.1, 0.15) is 39.5 Å². The van der Waals surface area contributed by atoms with Crippen LogP contribution in [0.25, 0.3) is 0 Å². The van der Waals surface area contributed by atoms with Crippen LogP contribution in [-0.4, -0.2) is 50.3 Å². The maximum Gasteiger partial charge on any atom is 0.0826 e. The smallest absolute Gasteiger partial charge is 0.0826 e. The van der Waals surface area contributed by atoms with E-state index in [1.54, 1.807) is 0 Å². The molecule has 1 aliphatic carbocycles. The van der Waals surface area contributed by atoms with Gasteiger partial charge in [0.2, 0.25) is 0 Å². The van der Waals surface area contributed by atoms with E-state index in [4.69, 9.17) is 4.74 Å². The van der Waals surface area contributed by atoms with Gasteiger partial charge in [-0.05, 0) is 38.1 Å². The number of likely N-dealkylation sites (N-methyl/N-ethyl adjacent to an activating group) is 1. The van der Waals surface area contributed by atoms with Gasteiger partial charge < -0.3 is 10.1 Å². The van der Waals surface area contributed by atoms with Gasteiger partial charge in [0.05, 0.1) is 12.7 Å². The second kappa shape index (κ2) is 5.68. The molecule has 1 atom stereocenters. The molecule has 1 N–H and O–H groups in total. The number of nitrogens with zero attached hydrogens (tertiary/aromatic N) is 1. The lowest BCUT2D eigenvalue weighted by molar-refractivity contribution is -0.0507. The fourth-order valence-electron chi connectivity index (χ4n) is 3.17. The van der Waals surface area contributed by atoms with Gasteiger partial charge in [-0.15, -0.1) is 0 Å². The number of ether oxygens (including phenoxy) is 1. The summed E-state index contributed by atoms with van der Waals surface area (Å²) in [6, 6.07) is 0.811. The van der Waals surface area contributed by atoms with Crippen LogP contribution in [0.3, 0.4) is 0 Å². The van der Waals surface area contributed by atoms with Crippen LogP contribution in [-0.2, 0) is 4.74 Å². The van der Waals surface area contributed by atoms with Gasteiger partial charge in [0.1, 0.15) is 0 Å². The molecule has 1 heterocycles. The largest absolute Gasteiger partial charge is 0.374 e. The average Bonchev–Trinajstić information content (AvgIpc) is 2.30. The first kappa shape index (κ1) is 13.3. The minimum Gasteiger partial charge on any atom is -0.374 e. The third kappa shape index (κ3) is 3.67. The Bertz CT molecular complexity index is 230. The van der Waals surface area contributed by atoms with E-state index in [1.807, 2.05) is 7.05 Å². The van der Waals surface area contributed by atoms with E-state index in [2.05, 4.69) is 24.1 Å². The SMILES string of the molecule is CNCC1CN(C2CCC(C)(C)CC2)CCO1. The summed E-state index contributed by atoms with van der Waals surface area (Å²) in [4.78, 5) is 2.67. The molecule has 1 unspecified atom stereocenters. The summed E-state index contributed by atoms with van der Waals surface area (Å²) in [5.74, 6) is 0. The average molecular weight is 240 g/mol. The topological polar surface area (TPSA) is 24.5 Å². The Labute approximate surface area is 106 Å². The molecule has 100 valence electrons. The van der Waals surface area contributed by atoms with Gasteiger partial charge in [0.25, 0.3) is 0 Å². The normalized spacial score (nSPS) is 31.6. The molecule has 2 fully saturated rings. The first-order valence-corrected chi connectivity index (χ1v) is 7.11. The molecule has 1 saturated heterocycles. The summed E-state index contributed by atoms with van der Waals surface area (Å²) in [5, 5.41) is 3.22. The van der Waals surface area contributed by atoms with E-state index in [0.29, 0.717) is 11.5 Å². The molecule has 1 aliphatic heterocycles. The van der Waals surface area contributed by atoms with E-state index in [1.165, 1.54) is 25.7 Å². The quantitative estimate of drug-likeness (QED) is 0.815. The highest BCUT2D eigenvalue weighted by Crippen LogP contribution is 2.37. The Morgan fingerprint density at radius 2 is 2.00 bits per heavy atom. The van der Waals surface area contributed by atoms with Gasteiger partial charge in [-0.25, -0.2) is 0 Å².